The van der Waals surface area contributed by atoms with Gasteiger partial charge < -0.3 is 0 Å². The van der Waals surface area contributed by atoms with Gasteiger partial charge in [-0.15, -0.1) is 0 Å². The molecule has 0 spiro atoms. The Bertz CT molecular complexity index is 548. The van der Waals surface area contributed by atoms with Crippen LogP contribution in [0, 0.1) is 10.8 Å². The van der Waals surface area contributed by atoms with Crippen LogP contribution >= 0.6 is 0 Å². The molecule has 1 rings (SSSR count). The van der Waals surface area contributed by atoms with E-state index >= 15 is 0 Å². The molecule has 0 heterocycles. The Labute approximate surface area is 195 Å². The van der Waals surface area contributed by atoms with Crippen molar-refractivity contribution in [3.8, 4) is 0 Å². The van der Waals surface area contributed by atoms with Crippen LogP contribution in [0.25, 0.3) is 0 Å². The van der Waals surface area contributed by atoms with Crippen molar-refractivity contribution in [1.29, 1.82) is 0 Å². The van der Waals surface area contributed by atoms with Gasteiger partial charge in [0.15, 0.2) is 0 Å². The van der Waals surface area contributed by atoms with Gasteiger partial charge in [-0.3, -0.25) is 0 Å². The summed E-state index contributed by atoms with van der Waals surface area (Å²) < 4.78 is 6.31. The number of unbranched alkanes of at least 4 members (excludes halogenated alkanes) is 3. The molecular formula is C29H54Po. The van der Waals surface area contributed by atoms with Gasteiger partial charge in [-0.05, 0) is 0 Å². The summed E-state index contributed by atoms with van der Waals surface area (Å²) in [6.07, 6.45) is 9.78. The fraction of sp³-hybridized carbons (Fsp3) is 0.793. The molecule has 0 fully saturated rings. The van der Waals surface area contributed by atoms with Crippen molar-refractivity contribution in [2.75, 3.05) is 0 Å². The van der Waals surface area contributed by atoms with Gasteiger partial charge in [0.05, 0.1) is 0 Å². The second-order valence-corrected chi connectivity index (χ2v) is 27.4. The van der Waals surface area contributed by atoms with Crippen molar-refractivity contribution in [2.24, 2.45) is 10.8 Å². The van der Waals surface area contributed by atoms with Gasteiger partial charge >= 0.3 is 196 Å². The molecule has 1 aromatic rings. The first-order chi connectivity index (χ1) is 14.0. The van der Waals surface area contributed by atoms with E-state index in [2.05, 4.69) is 86.6 Å². The quantitative estimate of drug-likeness (QED) is 0.208. The summed E-state index contributed by atoms with van der Waals surface area (Å²) in [4.78, 5) is 0. The number of benzene rings is 1. The zero-order chi connectivity index (χ0) is 22.8. The molecule has 1 aromatic carbocycles. The first-order valence-electron chi connectivity index (χ1n) is 12.8. The van der Waals surface area contributed by atoms with Gasteiger partial charge in [-0.25, -0.2) is 0 Å². The van der Waals surface area contributed by atoms with Crippen LogP contribution in [0.2, 0.25) is 12.2 Å². The predicted molar refractivity (Wildman–Crippen MR) is 141 cm³/mol. The van der Waals surface area contributed by atoms with Crippen LogP contribution in [-0.4, -0.2) is 20.6 Å². The van der Waals surface area contributed by atoms with E-state index in [0.29, 0.717) is 16.7 Å². The first kappa shape index (κ1) is 28.1. The van der Waals surface area contributed by atoms with Crippen LogP contribution in [0.1, 0.15) is 124 Å². The summed E-state index contributed by atoms with van der Waals surface area (Å²) in [5, 5.41) is 0. The average Bonchev–Trinajstić information content (AvgIpc) is 2.66. The first-order valence-corrected chi connectivity index (χ1v) is 21.8. The summed E-state index contributed by atoms with van der Waals surface area (Å²) in [5.74, 6) is 0.625. The SMILES string of the molecule is CCC[CH2][Po]([CH2]CCC)([CH2]CCC)[CH2]c1ccc(C(CC(C)(C)C)C(C)(C)C)cc1. The van der Waals surface area contributed by atoms with E-state index in [1.54, 1.807) is 23.4 Å². The van der Waals surface area contributed by atoms with Gasteiger partial charge in [0.1, 0.15) is 0 Å². The summed E-state index contributed by atoms with van der Waals surface area (Å²) >= 11 is -2.08. The molecule has 0 saturated carbocycles. The summed E-state index contributed by atoms with van der Waals surface area (Å²) in [6.45, 7) is 21.6. The fourth-order valence-electron chi connectivity index (χ4n) is 4.61. The Morgan fingerprint density at radius 2 is 1.13 bits per heavy atom. The number of rotatable bonds is 13. The minimum atomic E-state index is -2.08. The monoisotopic (exact) mass is 611 g/mol. The third-order valence-electron chi connectivity index (χ3n) is 6.51. The van der Waals surface area contributed by atoms with Crippen LogP contribution in [0.4, 0.5) is 0 Å². The van der Waals surface area contributed by atoms with Crippen molar-refractivity contribution in [3.63, 3.8) is 0 Å². The molecule has 1 atom stereocenters. The van der Waals surface area contributed by atoms with Crippen molar-refractivity contribution < 1.29 is 0 Å². The Morgan fingerprint density at radius 1 is 0.700 bits per heavy atom. The maximum absolute atomic E-state index is 2.52. The van der Waals surface area contributed by atoms with E-state index in [0.717, 1.165) is 0 Å². The number of hydrogen-bond acceptors (Lipinski definition) is 0. The molecule has 0 aliphatic carbocycles. The van der Waals surface area contributed by atoms with Crippen LogP contribution in [0.15, 0.2) is 24.3 Å². The van der Waals surface area contributed by atoms with Crippen LogP contribution in [0.5, 0.6) is 0 Å². The van der Waals surface area contributed by atoms with Gasteiger partial charge in [0.2, 0.25) is 0 Å². The van der Waals surface area contributed by atoms with Crippen molar-refractivity contribution in [2.45, 2.75) is 129 Å². The van der Waals surface area contributed by atoms with Crippen molar-refractivity contribution >= 4 is 20.6 Å². The van der Waals surface area contributed by atoms with Gasteiger partial charge in [0.25, 0.3) is 0 Å². The van der Waals surface area contributed by atoms with E-state index in [9.17, 15) is 0 Å². The van der Waals surface area contributed by atoms with E-state index in [1.165, 1.54) is 49.0 Å². The predicted octanol–water partition coefficient (Wildman–Crippen LogP) is 10.2. The zero-order valence-electron chi connectivity index (χ0n) is 22.1. The fourth-order valence-corrected chi connectivity index (χ4v) is 22.7. The van der Waals surface area contributed by atoms with E-state index < -0.39 is 20.6 Å². The van der Waals surface area contributed by atoms with Crippen molar-refractivity contribution in [3.05, 3.63) is 35.4 Å². The average molecular weight is 612 g/mol. The normalized spacial score (nSPS) is 14.7. The van der Waals surface area contributed by atoms with Gasteiger partial charge in [-0.1, -0.05) is 0 Å². The third kappa shape index (κ3) is 10.2. The molecule has 0 bridgehead atoms. The maximum atomic E-state index is 2.52. The summed E-state index contributed by atoms with van der Waals surface area (Å²) in [5.41, 5.74) is 3.88. The van der Waals surface area contributed by atoms with E-state index in [4.69, 9.17) is 0 Å². The minimum absolute atomic E-state index is 0.307. The van der Waals surface area contributed by atoms with Gasteiger partial charge in [-0.2, -0.15) is 0 Å². The molecule has 0 radical (unpaired) electrons. The molecule has 176 valence electrons. The topological polar surface area (TPSA) is 0 Å². The molecule has 0 aliphatic rings. The Hall–Kier alpha value is 0.116. The van der Waals surface area contributed by atoms with Gasteiger partial charge in [0, 0.05) is 0 Å². The Morgan fingerprint density at radius 3 is 1.47 bits per heavy atom. The molecule has 0 amide bonds. The molecule has 0 saturated heterocycles. The van der Waals surface area contributed by atoms with Crippen molar-refractivity contribution in [1.82, 2.24) is 0 Å². The van der Waals surface area contributed by atoms with Crippen LogP contribution in [-0.2, 0) is 4.08 Å². The molecule has 30 heavy (non-hydrogen) atoms. The van der Waals surface area contributed by atoms with E-state index in [-0.39, 0.29) is 0 Å². The molecule has 0 aromatic heterocycles. The molecule has 0 N–H and O–H groups in total. The second-order valence-electron chi connectivity index (χ2n) is 12.0. The van der Waals surface area contributed by atoms with Crippen LogP contribution < -0.4 is 0 Å². The summed E-state index contributed by atoms with van der Waals surface area (Å²) in [6, 6.07) is 10.0. The third-order valence-corrected chi connectivity index (χ3v) is 23.7. The zero-order valence-corrected chi connectivity index (χ0v) is 25.2. The molecule has 0 nitrogen and oxygen atoms in total. The standard InChI is InChI=1S/C17H27.3C4H9.Po/c1-13-8-10-14(11-9-13)15(17(5,6)7)12-16(2,3)4;3*1-3-4-2;/h8-11,15H,1,12H2,2-7H3;3*1,3-4H2,2H3;. The molecule has 0 aliphatic heterocycles. The molecule has 1 unspecified atom stereocenters. The van der Waals surface area contributed by atoms with E-state index in [1.807, 2.05) is 0 Å². The molecular weight excluding hydrogens is 557 g/mol. The van der Waals surface area contributed by atoms with Crippen LogP contribution in [0.3, 0.4) is 0 Å². The number of hydrogen-bond donors (Lipinski definition) is 0. The second kappa shape index (κ2) is 13.0. The Kier molecular flexibility index (Phi) is 12.2. The molecule has 1 heteroatoms. The summed E-state index contributed by atoms with van der Waals surface area (Å²) in [7, 11) is 0. The Balaban J connectivity index is 3.10.